The summed E-state index contributed by atoms with van der Waals surface area (Å²) in [5, 5.41) is 24.7. The van der Waals surface area contributed by atoms with Gasteiger partial charge in [0.2, 0.25) is 11.7 Å². The Bertz CT molecular complexity index is 1930. The molecule has 0 saturated heterocycles. The van der Waals surface area contributed by atoms with Crippen LogP contribution in [0.25, 0.3) is 0 Å². The number of hydrogen-bond donors (Lipinski definition) is 2. The SMILES string of the molecule is C=CCOc1ccc2c(c1)[C@H]1[C@H](CCCCO)[C@@H](CCCCO)C=C3C(=NOCc4ccccc4)C[C@H](N(Cc4ccc(F)cc4)C(=O)C4CC4)[C@@](OCC=C)(O2)[C@H]31. The number of ether oxygens (including phenoxy) is 3. The normalized spacial score (nSPS) is 25.1. The number of carbonyl (C=O) groups is 1. The average molecular weight is 793 g/mol. The fourth-order valence-corrected chi connectivity index (χ4v) is 9.35. The number of rotatable bonds is 21. The first-order chi connectivity index (χ1) is 28.4. The van der Waals surface area contributed by atoms with Gasteiger partial charge >= 0.3 is 0 Å². The molecule has 0 spiro atoms. The van der Waals surface area contributed by atoms with Gasteiger partial charge in [-0.25, -0.2) is 4.39 Å². The third-order valence-electron chi connectivity index (χ3n) is 12.1. The zero-order chi connectivity index (χ0) is 40.5. The topological polar surface area (TPSA) is 110 Å². The van der Waals surface area contributed by atoms with E-state index in [1.807, 2.05) is 47.4 Å². The van der Waals surface area contributed by atoms with Gasteiger partial charge in [-0.15, -0.1) is 6.58 Å². The van der Waals surface area contributed by atoms with E-state index in [-0.39, 0.29) is 74.8 Å². The van der Waals surface area contributed by atoms with Crippen LogP contribution in [0.15, 0.2) is 115 Å². The summed E-state index contributed by atoms with van der Waals surface area (Å²) in [6, 6.07) is 21.5. The highest BCUT2D eigenvalue weighted by Gasteiger charge is 2.66. The van der Waals surface area contributed by atoms with Gasteiger partial charge in [0, 0.05) is 43.6 Å². The van der Waals surface area contributed by atoms with E-state index in [0.29, 0.717) is 30.9 Å². The Morgan fingerprint density at radius 3 is 2.38 bits per heavy atom. The smallest absolute Gasteiger partial charge is 0.239 e. The molecule has 3 aromatic rings. The van der Waals surface area contributed by atoms with Crippen LogP contribution in [0.4, 0.5) is 4.39 Å². The van der Waals surface area contributed by atoms with E-state index in [1.165, 1.54) is 12.1 Å². The number of carbonyl (C=O) groups excluding carboxylic acids is 1. The Hall–Kier alpha value is -4.77. The van der Waals surface area contributed by atoms with Crippen molar-refractivity contribution >= 4 is 11.6 Å². The molecule has 0 radical (unpaired) electrons. The van der Waals surface area contributed by atoms with Crippen molar-refractivity contribution in [3.05, 3.63) is 132 Å². The maximum absolute atomic E-state index is 14.7. The quantitative estimate of drug-likeness (QED) is 0.0632. The number of nitrogens with zero attached hydrogens (tertiary/aromatic N) is 2. The number of fused-ring (bicyclic) bond motifs is 2. The van der Waals surface area contributed by atoms with E-state index in [9.17, 15) is 19.4 Å². The van der Waals surface area contributed by atoms with Crippen molar-refractivity contribution in [1.82, 2.24) is 4.90 Å². The maximum Gasteiger partial charge on any atom is 0.239 e. The number of allylic oxidation sites excluding steroid dienone is 1. The molecule has 1 aliphatic heterocycles. The number of benzene rings is 3. The van der Waals surface area contributed by atoms with Gasteiger partial charge < -0.3 is 34.2 Å². The van der Waals surface area contributed by atoms with Crippen molar-refractivity contribution in [2.24, 2.45) is 28.8 Å². The minimum atomic E-state index is -1.38. The summed E-state index contributed by atoms with van der Waals surface area (Å²) in [5.74, 6) is -0.940. The van der Waals surface area contributed by atoms with Crippen LogP contribution in [-0.2, 0) is 27.5 Å². The van der Waals surface area contributed by atoms with E-state index in [2.05, 4.69) is 25.3 Å². The molecule has 10 heteroatoms. The Morgan fingerprint density at radius 2 is 1.67 bits per heavy atom. The first-order valence-electron chi connectivity index (χ1n) is 20.9. The number of oxime groups is 1. The summed E-state index contributed by atoms with van der Waals surface area (Å²) in [6.07, 6.45) is 12.3. The molecule has 58 heavy (non-hydrogen) atoms. The molecule has 1 heterocycles. The lowest BCUT2D eigenvalue weighted by atomic mass is 9.55. The summed E-state index contributed by atoms with van der Waals surface area (Å²) in [7, 11) is 0. The van der Waals surface area contributed by atoms with Crippen LogP contribution in [-0.4, -0.2) is 65.0 Å². The molecule has 2 saturated carbocycles. The first-order valence-corrected chi connectivity index (χ1v) is 20.9. The predicted octanol–water partition coefficient (Wildman–Crippen LogP) is 8.66. The van der Waals surface area contributed by atoms with Crippen LogP contribution in [0, 0.1) is 29.5 Å². The summed E-state index contributed by atoms with van der Waals surface area (Å²) < 4.78 is 34.8. The molecule has 2 fully saturated rings. The summed E-state index contributed by atoms with van der Waals surface area (Å²) in [4.78, 5) is 22.8. The van der Waals surface area contributed by atoms with Crippen molar-refractivity contribution in [2.45, 2.75) is 88.7 Å². The molecule has 9 nitrogen and oxygen atoms in total. The predicted molar refractivity (Wildman–Crippen MR) is 222 cm³/mol. The largest absolute Gasteiger partial charge is 0.490 e. The van der Waals surface area contributed by atoms with Crippen LogP contribution in [0.1, 0.15) is 80.4 Å². The second kappa shape index (κ2) is 19.3. The molecule has 3 aliphatic carbocycles. The van der Waals surface area contributed by atoms with Gasteiger partial charge in [-0.1, -0.05) is 85.3 Å². The van der Waals surface area contributed by atoms with Crippen LogP contribution in [0.3, 0.4) is 0 Å². The molecular formula is C48H57FN2O7. The monoisotopic (exact) mass is 792 g/mol. The Balaban J connectivity index is 1.44. The molecular weight excluding hydrogens is 736 g/mol. The number of hydrogen-bond acceptors (Lipinski definition) is 8. The second-order valence-electron chi connectivity index (χ2n) is 16.0. The van der Waals surface area contributed by atoms with Crippen LogP contribution in [0.2, 0.25) is 0 Å². The lowest BCUT2D eigenvalue weighted by Crippen LogP contribution is -2.70. The number of halogens is 1. The summed E-state index contributed by atoms with van der Waals surface area (Å²) in [5.41, 5.74) is 4.46. The molecule has 7 rings (SSSR count). The number of aliphatic hydroxyl groups excluding tert-OH is 2. The third-order valence-corrected chi connectivity index (χ3v) is 12.1. The van der Waals surface area contributed by atoms with E-state index in [0.717, 1.165) is 66.5 Å². The fraction of sp³-hybridized carbons (Fsp3) is 0.458. The van der Waals surface area contributed by atoms with Gasteiger partial charge in [-0.05, 0) is 97.4 Å². The summed E-state index contributed by atoms with van der Waals surface area (Å²) >= 11 is 0. The highest BCUT2D eigenvalue weighted by atomic mass is 19.1. The minimum Gasteiger partial charge on any atom is -0.490 e. The van der Waals surface area contributed by atoms with E-state index < -0.39 is 17.7 Å². The molecule has 6 atom stereocenters. The number of aliphatic hydroxyl groups is 2. The lowest BCUT2D eigenvalue weighted by Gasteiger charge is -2.60. The molecule has 3 aromatic carbocycles. The third kappa shape index (κ3) is 9.09. The summed E-state index contributed by atoms with van der Waals surface area (Å²) in [6.45, 7) is 9.10. The van der Waals surface area contributed by atoms with E-state index in [1.54, 1.807) is 24.3 Å². The van der Waals surface area contributed by atoms with E-state index in [4.69, 9.17) is 24.2 Å². The number of unbranched alkanes of at least 4 members (excludes halogenated alkanes) is 2. The van der Waals surface area contributed by atoms with Crippen LogP contribution < -0.4 is 9.47 Å². The lowest BCUT2D eigenvalue weighted by molar-refractivity contribution is -0.258. The zero-order valence-corrected chi connectivity index (χ0v) is 33.4. The van der Waals surface area contributed by atoms with Gasteiger partial charge in [0.25, 0.3) is 0 Å². The average Bonchev–Trinajstić information content (AvgIpc) is 4.10. The van der Waals surface area contributed by atoms with Gasteiger partial charge in [-0.3, -0.25) is 4.79 Å². The van der Waals surface area contributed by atoms with Crippen molar-refractivity contribution in [2.75, 3.05) is 26.4 Å². The van der Waals surface area contributed by atoms with Gasteiger partial charge in [0.05, 0.1) is 18.2 Å². The molecule has 1 amide bonds. The molecule has 0 unspecified atom stereocenters. The van der Waals surface area contributed by atoms with Gasteiger partial charge in [0.15, 0.2) is 0 Å². The van der Waals surface area contributed by atoms with Crippen molar-refractivity contribution in [1.29, 1.82) is 0 Å². The second-order valence-corrected chi connectivity index (χ2v) is 16.0. The maximum atomic E-state index is 14.7. The van der Waals surface area contributed by atoms with Crippen LogP contribution >= 0.6 is 0 Å². The highest BCUT2D eigenvalue weighted by molar-refractivity contribution is 6.03. The molecule has 308 valence electrons. The van der Waals surface area contributed by atoms with Crippen molar-refractivity contribution in [3.63, 3.8) is 0 Å². The Morgan fingerprint density at radius 1 is 0.931 bits per heavy atom. The zero-order valence-electron chi connectivity index (χ0n) is 33.4. The Kier molecular flexibility index (Phi) is 13.8. The van der Waals surface area contributed by atoms with Crippen molar-refractivity contribution in [3.8, 4) is 11.5 Å². The van der Waals surface area contributed by atoms with Crippen molar-refractivity contribution < 1.29 is 38.4 Å². The first kappa shape index (κ1) is 41.4. The minimum absolute atomic E-state index is 0.00388. The molecule has 2 N–H and O–H groups in total. The highest BCUT2D eigenvalue weighted by Crippen LogP contribution is 2.62. The number of amides is 1. The standard InChI is InChI=1S/C48H57FN2O7/c1-3-26-55-38-22-23-43-41(29-38)45-39(15-9-11-25-53)36(14-8-10-24-52)28-40-42(50-57-32-34-12-6-5-7-13-34)30-44(48(58-43,46(40)45)56-27-4-2)51(47(54)35-18-19-35)31-33-16-20-37(49)21-17-33/h3-7,12-13,16-17,20-23,28-29,35-36,39,44-46,52-53H,1-2,8-11,14-15,18-19,24-27,30-32H2/t36-,39+,44-,45+,46+,48+/m0/s1. The molecule has 0 bridgehead atoms. The van der Waals surface area contributed by atoms with Crippen LogP contribution in [0.5, 0.6) is 11.5 Å². The van der Waals surface area contributed by atoms with Gasteiger partial charge in [0.1, 0.15) is 36.6 Å². The van der Waals surface area contributed by atoms with Gasteiger partial charge in [-0.2, -0.15) is 0 Å². The Labute approximate surface area is 341 Å². The fourth-order valence-electron chi connectivity index (χ4n) is 9.35. The van der Waals surface area contributed by atoms with E-state index >= 15 is 0 Å². The molecule has 0 aromatic heterocycles. The molecule has 4 aliphatic rings.